The van der Waals surface area contributed by atoms with Crippen LogP contribution in [0.15, 0.2) is 109 Å². The van der Waals surface area contributed by atoms with Crippen LogP contribution < -0.4 is 10.6 Å². The summed E-state index contributed by atoms with van der Waals surface area (Å²) in [4.78, 5) is 49.7. The molecule has 3 N–H and O–H groups in total. The van der Waals surface area contributed by atoms with E-state index in [-0.39, 0.29) is 36.7 Å². The van der Waals surface area contributed by atoms with Crippen LogP contribution in [0.5, 0.6) is 0 Å². The Balaban J connectivity index is 0.000000270. The van der Waals surface area contributed by atoms with Crippen molar-refractivity contribution in [3.63, 3.8) is 0 Å². The molecule has 0 aliphatic carbocycles. The van der Waals surface area contributed by atoms with Crippen molar-refractivity contribution >= 4 is 23.8 Å². The lowest BCUT2D eigenvalue weighted by atomic mass is 9.83. The Morgan fingerprint density at radius 1 is 0.660 bits per heavy atom. The van der Waals surface area contributed by atoms with Gasteiger partial charge in [0.2, 0.25) is 0 Å². The fourth-order valence-corrected chi connectivity index (χ4v) is 5.48. The van der Waals surface area contributed by atoms with Crippen molar-refractivity contribution in [1.82, 2.24) is 10.6 Å². The second-order valence-corrected chi connectivity index (χ2v) is 13.6. The van der Waals surface area contributed by atoms with Gasteiger partial charge in [-0.25, -0.2) is 9.59 Å². The summed E-state index contributed by atoms with van der Waals surface area (Å²) in [6.07, 6.45) is 1.14. The number of hydrogen-bond acceptors (Lipinski definition) is 5. The molecule has 2 amide bonds. The van der Waals surface area contributed by atoms with Crippen molar-refractivity contribution in [3.8, 4) is 0 Å². The number of ether oxygens (including phenoxy) is 1. The average molecular weight is 679 g/mol. The first-order valence-corrected chi connectivity index (χ1v) is 17.0. The van der Waals surface area contributed by atoms with Gasteiger partial charge in [-0.2, -0.15) is 0 Å². The van der Waals surface area contributed by atoms with Crippen molar-refractivity contribution in [2.75, 3.05) is 0 Å². The highest BCUT2D eigenvalue weighted by atomic mass is 16.5. The number of benzene rings is 4. The number of carboxylic acid groups (broad SMARTS) is 1. The topological polar surface area (TPSA) is 122 Å². The number of aliphatic carboxylic acids is 1. The van der Waals surface area contributed by atoms with Gasteiger partial charge in [-0.1, -0.05) is 124 Å². The smallest absolute Gasteiger partial charge is 0.329 e. The highest BCUT2D eigenvalue weighted by molar-refractivity contribution is 5.98. The molecule has 264 valence electrons. The molecule has 4 aromatic carbocycles. The van der Waals surface area contributed by atoms with Crippen molar-refractivity contribution in [3.05, 3.63) is 143 Å². The zero-order chi connectivity index (χ0) is 36.7. The Morgan fingerprint density at radius 3 is 1.60 bits per heavy atom. The molecule has 0 heterocycles. The summed E-state index contributed by atoms with van der Waals surface area (Å²) in [6, 6.07) is 32.6. The molecule has 0 spiro atoms. The van der Waals surface area contributed by atoms with Gasteiger partial charge in [0.15, 0.2) is 0 Å². The van der Waals surface area contributed by atoms with E-state index in [1.807, 2.05) is 126 Å². The normalized spacial score (nSPS) is 12.6. The number of aryl methyl sites for hydroxylation is 2. The minimum Gasteiger partial charge on any atom is -0.479 e. The molecule has 0 fully saturated rings. The van der Waals surface area contributed by atoms with Crippen LogP contribution >= 0.6 is 0 Å². The highest BCUT2D eigenvalue weighted by Crippen LogP contribution is 2.24. The summed E-state index contributed by atoms with van der Waals surface area (Å²) < 4.78 is 5.39. The van der Waals surface area contributed by atoms with Crippen molar-refractivity contribution in [1.29, 1.82) is 0 Å². The third-order valence-corrected chi connectivity index (χ3v) is 8.02. The van der Waals surface area contributed by atoms with Crippen LogP contribution in [0, 0.1) is 25.7 Å². The first-order valence-electron chi connectivity index (χ1n) is 17.0. The molecule has 0 aliphatic rings. The van der Waals surface area contributed by atoms with E-state index in [2.05, 4.69) is 10.6 Å². The number of amides is 2. The largest absolute Gasteiger partial charge is 0.479 e. The van der Waals surface area contributed by atoms with E-state index in [0.29, 0.717) is 24.0 Å². The van der Waals surface area contributed by atoms with E-state index < -0.39 is 23.5 Å². The molecule has 0 aromatic heterocycles. The Morgan fingerprint density at radius 2 is 1.14 bits per heavy atom. The molecule has 8 nitrogen and oxygen atoms in total. The monoisotopic (exact) mass is 678 g/mol. The van der Waals surface area contributed by atoms with Gasteiger partial charge in [0.05, 0.1) is 0 Å². The van der Waals surface area contributed by atoms with E-state index in [0.717, 1.165) is 22.3 Å². The number of nitrogens with one attached hydrogen (secondary N) is 2. The summed E-state index contributed by atoms with van der Waals surface area (Å²) in [5.41, 5.74) is 3.60. The third-order valence-electron chi connectivity index (χ3n) is 8.02. The summed E-state index contributed by atoms with van der Waals surface area (Å²) in [5, 5.41) is 15.6. The SMILES string of the molecule is Cc1ccc(C(=O)N[C@@H](CC(C)C)C(=O)OCc2ccccc2)cc1.Cc1ccc(C(=O)N[C@](Cc2ccccc2)(CC(C)C)C(=O)O)cc1. The minimum atomic E-state index is -1.34. The van der Waals surface area contributed by atoms with Crippen LogP contribution in [-0.4, -0.2) is 40.4 Å². The Labute approximate surface area is 296 Å². The highest BCUT2D eigenvalue weighted by Gasteiger charge is 2.41. The predicted octanol–water partition coefficient (Wildman–Crippen LogP) is 7.72. The second-order valence-electron chi connectivity index (χ2n) is 13.6. The van der Waals surface area contributed by atoms with Crippen LogP contribution in [0.2, 0.25) is 0 Å². The van der Waals surface area contributed by atoms with E-state index in [9.17, 15) is 24.3 Å². The lowest BCUT2D eigenvalue weighted by Gasteiger charge is -2.32. The van der Waals surface area contributed by atoms with Gasteiger partial charge in [-0.05, 0) is 73.9 Å². The fourth-order valence-electron chi connectivity index (χ4n) is 5.48. The van der Waals surface area contributed by atoms with Crippen molar-refractivity contribution < 1.29 is 29.0 Å². The molecular formula is C42H50N2O6. The van der Waals surface area contributed by atoms with E-state index >= 15 is 0 Å². The molecular weight excluding hydrogens is 628 g/mol. The summed E-state index contributed by atoms with van der Waals surface area (Å²) in [7, 11) is 0. The Kier molecular flexibility index (Phi) is 15.0. The minimum absolute atomic E-state index is 0.123. The summed E-state index contributed by atoms with van der Waals surface area (Å²) in [6.45, 7) is 12.0. The molecule has 0 radical (unpaired) electrons. The van der Waals surface area contributed by atoms with Crippen LogP contribution in [0.25, 0.3) is 0 Å². The number of rotatable bonds is 14. The van der Waals surface area contributed by atoms with E-state index in [1.54, 1.807) is 24.3 Å². The molecule has 8 heteroatoms. The zero-order valence-electron chi connectivity index (χ0n) is 29.9. The van der Waals surface area contributed by atoms with Crippen molar-refractivity contribution in [2.45, 2.75) is 79.0 Å². The fraction of sp³-hybridized carbons (Fsp3) is 0.333. The molecule has 4 rings (SSSR count). The molecule has 0 saturated carbocycles. The van der Waals surface area contributed by atoms with Gasteiger partial charge >= 0.3 is 11.9 Å². The maximum Gasteiger partial charge on any atom is 0.329 e. The average Bonchev–Trinajstić information content (AvgIpc) is 3.08. The standard InChI is InChI=1S/2C21H25NO3/c1-15(2)13-21(20(24)25,14-17-7-5-4-6-8-17)22-19(23)18-11-9-16(3)10-12-18;1-15(2)13-19(21(24)25-14-17-7-5-4-6-8-17)22-20(23)18-11-9-16(3)10-12-18/h4-12,15H,13-14H2,1-3H3,(H,22,23)(H,24,25);4-12,15,19H,13-14H2,1-3H3,(H,22,23)/t21-;19-/m00/s1. The Bertz CT molecular complexity index is 1670. The van der Waals surface area contributed by atoms with E-state index in [4.69, 9.17) is 4.74 Å². The maximum absolute atomic E-state index is 12.7. The van der Waals surface area contributed by atoms with Crippen LogP contribution in [0.4, 0.5) is 0 Å². The van der Waals surface area contributed by atoms with Crippen LogP contribution in [-0.2, 0) is 27.4 Å². The van der Waals surface area contributed by atoms with Gasteiger partial charge in [0.25, 0.3) is 11.8 Å². The van der Waals surface area contributed by atoms with Crippen LogP contribution in [0.1, 0.15) is 83.5 Å². The number of carbonyl (C=O) groups excluding carboxylic acids is 3. The maximum atomic E-state index is 12.7. The second kappa shape index (κ2) is 19.1. The van der Waals surface area contributed by atoms with Gasteiger partial charge in [-0.15, -0.1) is 0 Å². The van der Waals surface area contributed by atoms with E-state index in [1.165, 1.54) is 0 Å². The predicted molar refractivity (Wildman–Crippen MR) is 197 cm³/mol. The number of carboxylic acids is 1. The number of hydrogen-bond donors (Lipinski definition) is 3. The number of carbonyl (C=O) groups is 4. The quantitative estimate of drug-likeness (QED) is 0.117. The third kappa shape index (κ3) is 12.7. The molecule has 0 unspecified atom stereocenters. The lowest BCUT2D eigenvalue weighted by molar-refractivity contribution is -0.148. The molecule has 50 heavy (non-hydrogen) atoms. The Hall–Kier alpha value is -5.24. The van der Waals surface area contributed by atoms with Gasteiger partial charge in [-0.3, -0.25) is 9.59 Å². The van der Waals surface area contributed by atoms with Gasteiger partial charge < -0.3 is 20.5 Å². The molecule has 2 atom stereocenters. The summed E-state index contributed by atoms with van der Waals surface area (Å²) in [5.74, 6) is -1.66. The lowest BCUT2D eigenvalue weighted by Crippen LogP contribution is -2.57. The van der Waals surface area contributed by atoms with Crippen LogP contribution in [0.3, 0.4) is 0 Å². The zero-order valence-corrected chi connectivity index (χ0v) is 29.9. The molecule has 0 saturated heterocycles. The summed E-state index contributed by atoms with van der Waals surface area (Å²) >= 11 is 0. The van der Waals surface area contributed by atoms with Gasteiger partial charge in [0, 0.05) is 17.5 Å². The molecule has 4 aromatic rings. The molecule has 0 aliphatic heterocycles. The number of esters is 1. The first kappa shape index (κ1) is 39.2. The van der Waals surface area contributed by atoms with Crippen molar-refractivity contribution in [2.24, 2.45) is 11.8 Å². The first-order chi connectivity index (χ1) is 23.8. The van der Waals surface area contributed by atoms with Gasteiger partial charge in [0.1, 0.15) is 18.2 Å². The molecule has 0 bridgehead atoms.